The maximum absolute atomic E-state index is 12.9. The summed E-state index contributed by atoms with van der Waals surface area (Å²) >= 11 is 0. The number of unbranched alkanes of at least 4 members (excludes halogenated alkanes) is 4. The van der Waals surface area contributed by atoms with Gasteiger partial charge in [0.15, 0.2) is 0 Å². The fourth-order valence-electron chi connectivity index (χ4n) is 2.84. The Hall–Kier alpha value is -2.52. The Kier molecular flexibility index (Phi) is 12.3. The first-order valence-corrected chi connectivity index (χ1v) is 10.4. The normalized spacial score (nSPS) is 10.6. The molecule has 1 aromatic rings. The third kappa shape index (κ3) is 8.46. The highest BCUT2D eigenvalue weighted by Gasteiger charge is 2.25. The second kappa shape index (κ2) is 14.5. The van der Waals surface area contributed by atoms with E-state index in [0.717, 1.165) is 25.7 Å². The molecule has 0 radical (unpaired) electrons. The van der Waals surface area contributed by atoms with Crippen LogP contribution in [0.25, 0.3) is 0 Å². The first kappa shape index (κ1) is 25.5. The Morgan fingerprint density at radius 2 is 1.87 bits per heavy atom. The summed E-state index contributed by atoms with van der Waals surface area (Å²) in [5.41, 5.74) is 0.0247. The van der Waals surface area contributed by atoms with E-state index in [-0.39, 0.29) is 49.2 Å². The van der Waals surface area contributed by atoms with Gasteiger partial charge in [-0.1, -0.05) is 26.2 Å². The Bertz CT molecular complexity index is 694. The molecule has 168 valence electrons. The minimum Gasteiger partial charge on any atom is -0.462 e. The number of amides is 1. The summed E-state index contributed by atoms with van der Waals surface area (Å²) in [5, 5.41) is 20.2. The Labute approximate surface area is 177 Å². The number of rotatable bonds is 15. The van der Waals surface area contributed by atoms with Crippen LogP contribution < -0.4 is 4.90 Å². The number of benzene rings is 1. The fourth-order valence-corrected chi connectivity index (χ4v) is 2.84. The minimum absolute atomic E-state index is 0.0970. The second-order valence-electron chi connectivity index (χ2n) is 6.77. The van der Waals surface area contributed by atoms with Gasteiger partial charge in [0.2, 0.25) is 0 Å². The van der Waals surface area contributed by atoms with Gasteiger partial charge in [0, 0.05) is 31.9 Å². The van der Waals surface area contributed by atoms with Crippen LogP contribution in [0.15, 0.2) is 18.2 Å². The summed E-state index contributed by atoms with van der Waals surface area (Å²) in [5.74, 6) is -1.02. The zero-order valence-corrected chi connectivity index (χ0v) is 17.8. The highest BCUT2D eigenvalue weighted by molar-refractivity contribution is 6.03. The van der Waals surface area contributed by atoms with Crippen molar-refractivity contribution in [1.29, 1.82) is 0 Å². The summed E-state index contributed by atoms with van der Waals surface area (Å²) in [7, 11) is 0. The van der Waals surface area contributed by atoms with Crippen molar-refractivity contribution >= 4 is 23.3 Å². The molecular formula is C21H32N2O7. The van der Waals surface area contributed by atoms with Crippen LogP contribution in [-0.4, -0.2) is 54.9 Å². The first-order valence-electron chi connectivity index (χ1n) is 10.4. The van der Waals surface area contributed by atoms with E-state index in [1.54, 1.807) is 6.92 Å². The average Bonchev–Trinajstić information content (AvgIpc) is 2.73. The highest BCUT2D eigenvalue weighted by Crippen LogP contribution is 2.28. The molecule has 0 aromatic heterocycles. The van der Waals surface area contributed by atoms with E-state index in [1.807, 2.05) is 6.92 Å². The van der Waals surface area contributed by atoms with Crippen LogP contribution in [0.5, 0.6) is 0 Å². The zero-order chi connectivity index (χ0) is 22.4. The second-order valence-corrected chi connectivity index (χ2v) is 6.77. The lowest BCUT2D eigenvalue weighted by molar-refractivity contribution is -0.384. The summed E-state index contributed by atoms with van der Waals surface area (Å²) in [4.78, 5) is 37.3. The molecule has 0 aliphatic rings. The van der Waals surface area contributed by atoms with Gasteiger partial charge in [-0.2, -0.15) is 0 Å². The van der Waals surface area contributed by atoms with E-state index in [9.17, 15) is 19.7 Å². The van der Waals surface area contributed by atoms with E-state index in [4.69, 9.17) is 14.6 Å². The average molecular weight is 424 g/mol. The number of nitrogens with zero attached hydrogens (tertiary/aromatic N) is 2. The van der Waals surface area contributed by atoms with Crippen molar-refractivity contribution in [2.75, 3.05) is 37.9 Å². The molecule has 0 bridgehead atoms. The lowest BCUT2D eigenvalue weighted by Gasteiger charge is -2.25. The maximum Gasteiger partial charge on any atom is 0.340 e. The summed E-state index contributed by atoms with van der Waals surface area (Å²) in [6.07, 6.45) is 4.60. The molecule has 0 aliphatic carbocycles. The largest absolute Gasteiger partial charge is 0.462 e. The van der Waals surface area contributed by atoms with Crippen LogP contribution in [0.2, 0.25) is 0 Å². The predicted molar refractivity (Wildman–Crippen MR) is 113 cm³/mol. The quantitative estimate of drug-likeness (QED) is 0.198. The van der Waals surface area contributed by atoms with Gasteiger partial charge in [-0.3, -0.25) is 14.9 Å². The Morgan fingerprint density at radius 3 is 2.50 bits per heavy atom. The van der Waals surface area contributed by atoms with Crippen molar-refractivity contribution in [3.05, 3.63) is 33.9 Å². The Morgan fingerprint density at radius 1 is 1.13 bits per heavy atom. The molecule has 0 aliphatic heterocycles. The molecule has 1 amide bonds. The topological polar surface area (TPSA) is 119 Å². The number of aliphatic hydroxyl groups is 1. The lowest BCUT2D eigenvalue weighted by Crippen LogP contribution is -2.36. The van der Waals surface area contributed by atoms with Gasteiger partial charge in [-0.15, -0.1) is 0 Å². The van der Waals surface area contributed by atoms with Crippen molar-refractivity contribution in [3.8, 4) is 0 Å². The molecule has 0 spiro atoms. The standard InChI is InChI=1S/C21H32N2O7/c1-3-5-14-29-16-20(25)22(12-8-6-7-9-13-24)19-15-17(23(27)28)10-11-18(19)21(26)30-4-2/h10-11,15,24H,3-9,12-14,16H2,1-2H3. The molecule has 0 atom stereocenters. The molecule has 1 rings (SSSR count). The zero-order valence-electron chi connectivity index (χ0n) is 17.8. The van der Waals surface area contributed by atoms with Crippen molar-refractivity contribution < 1.29 is 29.1 Å². The van der Waals surface area contributed by atoms with Gasteiger partial charge in [0.25, 0.3) is 11.6 Å². The molecule has 0 heterocycles. The van der Waals surface area contributed by atoms with Gasteiger partial charge >= 0.3 is 5.97 Å². The number of nitro groups is 1. The van der Waals surface area contributed by atoms with Crippen molar-refractivity contribution in [2.24, 2.45) is 0 Å². The number of carbonyl (C=O) groups is 2. The molecular weight excluding hydrogens is 392 g/mol. The molecule has 0 saturated heterocycles. The van der Waals surface area contributed by atoms with Gasteiger partial charge in [0.05, 0.1) is 22.8 Å². The summed E-state index contributed by atoms with van der Waals surface area (Å²) in [6, 6.07) is 3.76. The minimum atomic E-state index is -0.646. The number of esters is 1. The van der Waals surface area contributed by atoms with Gasteiger partial charge < -0.3 is 19.5 Å². The van der Waals surface area contributed by atoms with Crippen LogP contribution in [0, 0.1) is 10.1 Å². The number of hydrogen-bond acceptors (Lipinski definition) is 7. The van der Waals surface area contributed by atoms with Crippen LogP contribution in [0.3, 0.4) is 0 Å². The predicted octanol–water partition coefficient (Wildman–Crippen LogP) is 3.47. The molecule has 30 heavy (non-hydrogen) atoms. The number of ether oxygens (including phenoxy) is 2. The van der Waals surface area contributed by atoms with Crippen LogP contribution >= 0.6 is 0 Å². The summed E-state index contributed by atoms with van der Waals surface area (Å²) in [6.45, 7) is 4.45. The van der Waals surface area contributed by atoms with E-state index in [1.165, 1.54) is 23.1 Å². The fraction of sp³-hybridized carbons (Fsp3) is 0.619. The lowest BCUT2D eigenvalue weighted by atomic mass is 10.1. The van der Waals surface area contributed by atoms with Crippen molar-refractivity contribution in [1.82, 2.24) is 0 Å². The maximum atomic E-state index is 12.9. The third-order valence-corrected chi connectivity index (χ3v) is 4.44. The SMILES string of the molecule is CCCCOCC(=O)N(CCCCCCO)c1cc([N+](=O)[O-])ccc1C(=O)OCC. The summed E-state index contributed by atoms with van der Waals surface area (Å²) < 4.78 is 10.5. The molecule has 0 unspecified atom stereocenters. The van der Waals surface area contributed by atoms with E-state index in [2.05, 4.69) is 0 Å². The highest BCUT2D eigenvalue weighted by atomic mass is 16.6. The molecule has 0 saturated carbocycles. The van der Waals surface area contributed by atoms with Crippen LogP contribution in [0.4, 0.5) is 11.4 Å². The third-order valence-electron chi connectivity index (χ3n) is 4.44. The molecule has 1 N–H and O–H groups in total. The van der Waals surface area contributed by atoms with Gasteiger partial charge in [0.1, 0.15) is 6.61 Å². The molecule has 0 fully saturated rings. The monoisotopic (exact) mass is 424 g/mol. The van der Waals surface area contributed by atoms with Gasteiger partial charge in [-0.05, 0) is 32.3 Å². The molecule has 9 heteroatoms. The number of nitro benzene ring substituents is 1. The molecule has 1 aromatic carbocycles. The number of non-ortho nitro benzene ring substituents is 1. The van der Waals surface area contributed by atoms with Crippen LogP contribution in [0.1, 0.15) is 62.7 Å². The molecule has 9 nitrogen and oxygen atoms in total. The van der Waals surface area contributed by atoms with Gasteiger partial charge in [-0.25, -0.2) is 4.79 Å². The number of carbonyl (C=O) groups excluding carboxylic acids is 2. The number of aliphatic hydroxyl groups excluding tert-OH is 1. The smallest absolute Gasteiger partial charge is 0.340 e. The first-order chi connectivity index (χ1) is 14.5. The van der Waals surface area contributed by atoms with Crippen molar-refractivity contribution in [2.45, 2.75) is 52.4 Å². The van der Waals surface area contributed by atoms with Crippen molar-refractivity contribution in [3.63, 3.8) is 0 Å². The number of hydrogen-bond donors (Lipinski definition) is 1. The number of anilines is 1. The van der Waals surface area contributed by atoms with E-state index in [0.29, 0.717) is 19.4 Å². The van der Waals surface area contributed by atoms with E-state index < -0.39 is 10.9 Å². The van der Waals surface area contributed by atoms with E-state index >= 15 is 0 Å². The van der Waals surface area contributed by atoms with Crippen LogP contribution in [-0.2, 0) is 14.3 Å². The Balaban J connectivity index is 3.16.